The molecule has 0 amide bonds. The van der Waals surface area contributed by atoms with Gasteiger partial charge in [-0.15, -0.1) is 12.4 Å². The van der Waals surface area contributed by atoms with Crippen LogP contribution >= 0.6 is 12.4 Å². The summed E-state index contributed by atoms with van der Waals surface area (Å²) in [5, 5.41) is 3.24. The van der Waals surface area contributed by atoms with Crippen LogP contribution in [0.3, 0.4) is 0 Å². The Morgan fingerprint density at radius 2 is 1.68 bits per heavy atom. The molecular weight excluding hydrogens is 324 g/mol. The van der Waals surface area contributed by atoms with E-state index >= 15 is 0 Å². The monoisotopic (exact) mass is 342 g/mol. The van der Waals surface area contributed by atoms with Gasteiger partial charge in [0.1, 0.15) is 5.75 Å². The van der Waals surface area contributed by atoms with Gasteiger partial charge in [0.2, 0.25) is 0 Å². The minimum absolute atomic E-state index is 0. The third-order valence-electron chi connectivity index (χ3n) is 3.66. The molecule has 0 radical (unpaired) electrons. The summed E-state index contributed by atoms with van der Waals surface area (Å²) in [4.78, 5) is 0. The number of hydrogen-bond donors (Lipinski definition) is 2. The van der Waals surface area contributed by atoms with Gasteiger partial charge in [-0.3, -0.25) is 0 Å². The zero-order valence-corrected chi connectivity index (χ0v) is 12.6. The number of hydrogen-bond acceptors (Lipinski definition) is 3. The van der Waals surface area contributed by atoms with Crippen molar-refractivity contribution >= 4 is 12.4 Å². The number of alkyl halides is 4. The van der Waals surface area contributed by atoms with Gasteiger partial charge < -0.3 is 15.8 Å². The summed E-state index contributed by atoms with van der Waals surface area (Å²) in [5.74, 6) is 0.0158. The maximum Gasteiger partial charge on any atom is 0.461 e. The highest BCUT2D eigenvalue weighted by Crippen LogP contribution is 2.30. The Balaban J connectivity index is 0.00000242. The molecule has 3 nitrogen and oxygen atoms in total. The molecule has 1 aromatic carbocycles. The van der Waals surface area contributed by atoms with Gasteiger partial charge in [-0.1, -0.05) is 12.1 Å². The lowest BCUT2D eigenvalue weighted by molar-refractivity contribution is -0.253. The van der Waals surface area contributed by atoms with Crippen molar-refractivity contribution < 1.29 is 22.3 Å². The van der Waals surface area contributed by atoms with Gasteiger partial charge in [0.25, 0.3) is 0 Å². The van der Waals surface area contributed by atoms with E-state index in [2.05, 4.69) is 10.1 Å². The van der Waals surface area contributed by atoms with Crippen LogP contribution in [0, 0.1) is 5.92 Å². The smallest absolute Gasteiger partial charge is 0.428 e. The molecular formula is C14H19ClF4N2O. The number of rotatable bonds is 5. The Labute approximate surface area is 132 Å². The SMILES string of the molecule is Cl.N[C@@H](c1ccc(OC(F)(F)C(F)F)cc1)C1CCNCC1. The summed E-state index contributed by atoms with van der Waals surface area (Å²) in [5.41, 5.74) is 6.95. The number of halogens is 5. The fourth-order valence-electron chi connectivity index (χ4n) is 2.44. The van der Waals surface area contributed by atoms with E-state index in [0.717, 1.165) is 31.5 Å². The van der Waals surface area contributed by atoms with Crippen LogP contribution < -0.4 is 15.8 Å². The van der Waals surface area contributed by atoms with Gasteiger partial charge in [0.05, 0.1) is 0 Å². The molecule has 22 heavy (non-hydrogen) atoms. The summed E-state index contributed by atoms with van der Waals surface area (Å²) in [6.45, 7) is 1.81. The van der Waals surface area contributed by atoms with Gasteiger partial charge >= 0.3 is 12.5 Å². The standard InChI is InChI=1S/C14H18F4N2O.ClH/c15-13(16)14(17,18)21-11-3-1-9(2-4-11)12(19)10-5-7-20-8-6-10;/h1-4,10,12-13,20H,5-8,19H2;1H/t12-;/m0./s1. The van der Waals surface area contributed by atoms with Gasteiger partial charge in [0, 0.05) is 6.04 Å². The molecule has 0 spiro atoms. The predicted molar refractivity (Wildman–Crippen MR) is 77.8 cm³/mol. The fraction of sp³-hybridized carbons (Fsp3) is 0.571. The molecule has 1 fully saturated rings. The lowest BCUT2D eigenvalue weighted by Crippen LogP contribution is -2.34. The Hall–Kier alpha value is -1.05. The highest BCUT2D eigenvalue weighted by atomic mass is 35.5. The van der Waals surface area contributed by atoms with Crippen LogP contribution in [0.4, 0.5) is 17.6 Å². The maximum absolute atomic E-state index is 12.8. The van der Waals surface area contributed by atoms with Gasteiger partial charge in [-0.25, -0.2) is 0 Å². The molecule has 0 aromatic heterocycles. The molecule has 0 bridgehead atoms. The molecule has 1 saturated heterocycles. The third kappa shape index (κ3) is 4.72. The summed E-state index contributed by atoms with van der Waals surface area (Å²) in [6, 6.07) is 5.38. The van der Waals surface area contributed by atoms with E-state index in [0.29, 0.717) is 5.92 Å². The zero-order valence-electron chi connectivity index (χ0n) is 11.8. The van der Waals surface area contributed by atoms with Crippen molar-refractivity contribution in [1.82, 2.24) is 5.32 Å². The molecule has 1 heterocycles. The summed E-state index contributed by atoms with van der Waals surface area (Å²) in [7, 11) is 0. The van der Waals surface area contributed by atoms with Crippen molar-refractivity contribution in [1.29, 1.82) is 0 Å². The van der Waals surface area contributed by atoms with Crippen LogP contribution in [0.5, 0.6) is 5.75 Å². The second-order valence-corrected chi connectivity index (χ2v) is 5.15. The number of piperidine rings is 1. The van der Waals surface area contributed by atoms with Crippen LogP contribution in [0.1, 0.15) is 24.4 Å². The van der Waals surface area contributed by atoms with E-state index in [1.54, 1.807) is 12.1 Å². The van der Waals surface area contributed by atoms with Crippen LogP contribution in [0.2, 0.25) is 0 Å². The highest BCUT2D eigenvalue weighted by molar-refractivity contribution is 5.85. The van der Waals surface area contributed by atoms with E-state index < -0.39 is 12.5 Å². The van der Waals surface area contributed by atoms with Crippen LogP contribution in [0.15, 0.2) is 24.3 Å². The van der Waals surface area contributed by atoms with E-state index in [1.165, 1.54) is 12.1 Å². The number of nitrogens with one attached hydrogen (secondary N) is 1. The van der Waals surface area contributed by atoms with Crippen molar-refractivity contribution in [3.63, 3.8) is 0 Å². The van der Waals surface area contributed by atoms with Crippen LogP contribution in [-0.4, -0.2) is 25.6 Å². The number of benzene rings is 1. The Kier molecular flexibility index (Phi) is 6.90. The van der Waals surface area contributed by atoms with Crippen molar-refractivity contribution in [3.8, 4) is 5.75 Å². The largest absolute Gasteiger partial charge is 0.461 e. The molecule has 126 valence electrons. The molecule has 1 aliphatic heterocycles. The number of nitrogens with two attached hydrogens (primary N) is 1. The first kappa shape index (κ1) is 19.0. The van der Waals surface area contributed by atoms with Crippen molar-refractivity contribution in [3.05, 3.63) is 29.8 Å². The van der Waals surface area contributed by atoms with Crippen molar-refractivity contribution in [2.75, 3.05) is 13.1 Å². The van der Waals surface area contributed by atoms with E-state index in [1.807, 2.05) is 0 Å². The first-order valence-electron chi connectivity index (χ1n) is 6.81. The van der Waals surface area contributed by atoms with E-state index in [9.17, 15) is 17.6 Å². The normalized spacial score (nSPS) is 17.9. The quantitative estimate of drug-likeness (QED) is 0.807. The minimum Gasteiger partial charge on any atom is -0.428 e. The van der Waals surface area contributed by atoms with Gasteiger partial charge in [0.15, 0.2) is 0 Å². The average Bonchev–Trinajstić information content (AvgIpc) is 2.48. The molecule has 0 unspecified atom stereocenters. The molecule has 1 aromatic rings. The average molecular weight is 343 g/mol. The summed E-state index contributed by atoms with van der Waals surface area (Å²) in [6.07, 6.45) is -6.46. The molecule has 1 atom stereocenters. The van der Waals surface area contributed by atoms with Crippen LogP contribution in [0.25, 0.3) is 0 Å². The first-order chi connectivity index (χ1) is 9.90. The summed E-state index contributed by atoms with van der Waals surface area (Å²) >= 11 is 0. The first-order valence-corrected chi connectivity index (χ1v) is 6.81. The van der Waals surface area contributed by atoms with Crippen molar-refractivity contribution in [2.45, 2.75) is 31.4 Å². The lowest BCUT2D eigenvalue weighted by atomic mass is 9.86. The molecule has 1 aliphatic rings. The third-order valence-corrected chi connectivity index (χ3v) is 3.66. The molecule has 2 rings (SSSR count). The lowest BCUT2D eigenvalue weighted by Gasteiger charge is -2.28. The topological polar surface area (TPSA) is 47.3 Å². The molecule has 0 aliphatic carbocycles. The van der Waals surface area contributed by atoms with E-state index in [4.69, 9.17) is 5.73 Å². The molecule has 0 saturated carbocycles. The van der Waals surface area contributed by atoms with Gasteiger partial charge in [-0.2, -0.15) is 17.6 Å². The Morgan fingerprint density at radius 3 is 2.18 bits per heavy atom. The zero-order chi connectivity index (χ0) is 15.5. The summed E-state index contributed by atoms with van der Waals surface area (Å²) < 4.78 is 53.7. The Bertz CT molecular complexity index is 453. The van der Waals surface area contributed by atoms with E-state index in [-0.39, 0.29) is 24.2 Å². The second kappa shape index (κ2) is 7.99. The predicted octanol–water partition coefficient (Wildman–Crippen LogP) is 3.34. The number of ether oxygens (including phenoxy) is 1. The van der Waals surface area contributed by atoms with Gasteiger partial charge in [-0.05, 0) is 49.5 Å². The minimum atomic E-state index is -4.49. The maximum atomic E-state index is 12.8. The highest BCUT2D eigenvalue weighted by Gasteiger charge is 2.43. The molecule has 3 N–H and O–H groups in total. The Morgan fingerprint density at radius 1 is 1.14 bits per heavy atom. The van der Waals surface area contributed by atoms with Crippen molar-refractivity contribution in [2.24, 2.45) is 11.7 Å². The molecule has 8 heteroatoms. The van der Waals surface area contributed by atoms with Crippen LogP contribution in [-0.2, 0) is 0 Å². The second-order valence-electron chi connectivity index (χ2n) is 5.15. The fourth-order valence-corrected chi connectivity index (χ4v) is 2.44.